The lowest BCUT2D eigenvalue weighted by Gasteiger charge is -2.23. The maximum atomic E-state index is 13.8. The van der Waals surface area contributed by atoms with Gasteiger partial charge in [0.05, 0.1) is 12.3 Å². The van der Waals surface area contributed by atoms with E-state index in [0.29, 0.717) is 24.2 Å². The van der Waals surface area contributed by atoms with Crippen LogP contribution in [0.1, 0.15) is 12.5 Å². The monoisotopic (exact) mass is 289 g/mol. The van der Waals surface area contributed by atoms with Crippen LogP contribution in [-0.2, 0) is 10.1 Å². The summed E-state index contributed by atoms with van der Waals surface area (Å²) in [6.45, 7) is 4.09. The third kappa shape index (κ3) is 3.46. The first-order valence-corrected chi connectivity index (χ1v) is 6.43. The number of hydrogen-bond acceptors (Lipinski definition) is 2. The Morgan fingerprint density at radius 1 is 1.44 bits per heavy atom. The quantitative estimate of drug-likeness (QED) is 0.746. The van der Waals surface area contributed by atoms with E-state index in [1.165, 1.54) is 0 Å². The molecule has 0 N–H and O–H groups in total. The Morgan fingerprint density at radius 3 is 2.69 bits per heavy atom. The molecule has 0 saturated carbocycles. The van der Waals surface area contributed by atoms with E-state index >= 15 is 0 Å². The fourth-order valence-electron chi connectivity index (χ4n) is 1.54. The van der Waals surface area contributed by atoms with Crippen LogP contribution in [0.2, 0.25) is 0 Å². The molecule has 0 heterocycles. The Hall–Kier alpha value is -0.610. The molecule has 4 heteroatoms. The molecular formula is C12H17BrFNO. The summed E-state index contributed by atoms with van der Waals surface area (Å²) in [5.74, 6) is -0.171. The van der Waals surface area contributed by atoms with Gasteiger partial charge in [-0.3, -0.25) is 0 Å². The predicted octanol–water partition coefficient (Wildman–Crippen LogP) is 3.19. The molecule has 1 rings (SSSR count). The average Bonchev–Trinajstić information content (AvgIpc) is 2.31. The van der Waals surface area contributed by atoms with Crippen molar-refractivity contribution in [1.29, 1.82) is 0 Å². The van der Waals surface area contributed by atoms with Crippen molar-refractivity contribution in [2.45, 2.75) is 12.3 Å². The van der Waals surface area contributed by atoms with Gasteiger partial charge in [0.2, 0.25) is 0 Å². The van der Waals surface area contributed by atoms with Gasteiger partial charge in [-0.05, 0) is 24.6 Å². The molecule has 0 atom stereocenters. The van der Waals surface area contributed by atoms with Crippen LogP contribution in [0.5, 0.6) is 0 Å². The minimum Gasteiger partial charge on any atom is -0.383 e. The number of anilines is 1. The molecule has 0 bridgehead atoms. The first kappa shape index (κ1) is 13.5. The van der Waals surface area contributed by atoms with Crippen LogP contribution in [0.3, 0.4) is 0 Å². The smallest absolute Gasteiger partial charge is 0.146 e. The molecule has 0 aliphatic rings. The molecule has 0 spiro atoms. The molecular weight excluding hydrogens is 273 g/mol. The third-order valence-corrected chi connectivity index (χ3v) is 3.10. The van der Waals surface area contributed by atoms with Crippen molar-refractivity contribution in [3.63, 3.8) is 0 Å². The maximum absolute atomic E-state index is 13.8. The molecule has 0 unspecified atom stereocenters. The minimum atomic E-state index is -0.171. The summed E-state index contributed by atoms with van der Waals surface area (Å²) in [6.07, 6.45) is 0. The summed E-state index contributed by atoms with van der Waals surface area (Å²) >= 11 is 3.31. The van der Waals surface area contributed by atoms with Crippen molar-refractivity contribution < 1.29 is 9.13 Å². The number of halogens is 2. The van der Waals surface area contributed by atoms with Crippen LogP contribution < -0.4 is 4.90 Å². The summed E-state index contributed by atoms with van der Waals surface area (Å²) in [7, 11) is 1.65. The minimum absolute atomic E-state index is 0.171. The van der Waals surface area contributed by atoms with E-state index in [-0.39, 0.29) is 5.82 Å². The van der Waals surface area contributed by atoms with Crippen LogP contribution in [0, 0.1) is 5.82 Å². The topological polar surface area (TPSA) is 12.5 Å². The molecule has 0 amide bonds. The molecule has 1 aromatic carbocycles. The molecule has 16 heavy (non-hydrogen) atoms. The predicted molar refractivity (Wildman–Crippen MR) is 68.8 cm³/mol. The molecule has 0 aliphatic carbocycles. The number of methoxy groups -OCH3 is 1. The van der Waals surface area contributed by atoms with Gasteiger partial charge in [-0.15, -0.1) is 0 Å². The number of hydrogen-bond donors (Lipinski definition) is 0. The van der Waals surface area contributed by atoms with Crippen LogP contribution in [-0.4, -0.2) is 26.8 Å². The second kappa shape index (κ2) is 6.86. The van der Waals surface area contributed by atoms with Gasteiger partial charge >= 0.3 is 0 Å². The lowest BCUT2D eigenvalue weighted by molar-refractivity contribution is 0.205. The summed E-state index contributed by atoms with van der Waals surface area (Å²) in [4.78, 5) is 1.97. The zero-order chi connectivity index (χ0) is 12.0. The largest absolute Gasteiger partial charge is 0.383 e. The fourth-order valence-corrected chi connectivity index (χ4v) is 1.89. The summed E-state index contributed by atoms with van der Waals surface area (Å²) in [5, 5.41) is 0.675. The third-order valence-electron chi connectivity index (χ3n) is 2.45. The number of ether oxygens (including phenoxy) is 1. The van der Waals surface area contributed by atoms with Gasteiger partial charge in [-0.1, -0.05) is 22.0 Å². The normalized spacial score (nSPS) is 10.5. The Labute approximate surface area is 105 Å². The Morgan fingerprint density at radius 2 is 2.19 bits per heavy atom. The van der Waals surface area contributed by atoms with Gasteiger partial charge in [-0.2, -0.15) is 0 Å². The molecule has 2 nitrogen and oxygen atoms in total. The van der Waals surface area contributed by atoms with E-state index < -0.39 is 0 Å². The fraction of sp³-hybridized carbons (Fsp3) is 0.500. The highest BCUT2D eigenvalue weighted by molar-refractivity contribution is 9.08. The van der Waals surface area contributed by atoms with Crippen molar-refractivity contribution in [3.05, 3.63) is 29.6 Å². The lowest BCUT2D eigenvalue weighted by Crippen LogP contribution is -2.27. The second-order valence-corrected chi connectivity index (χ2v) is 4.05. The van der Waals surface area contributed by atoms with Crippen molar-refractivity contribution in [3.8, 4) is 0 Å². The second-order valence-electron chi connectivity index (χ2n) is 3.49. The van der Waals surface area contributed by atoms with E-state index in [0.717, 1.165) is 12.1 Å². The van der Waals surface area contributed by atoms with Crippen LogP contribution in [0.25, 0.3) is 0 Å². The Balaban J connectivity index is 2.83. The first-order chi connectivity index (χ1) is 7.72. The van der Waals surface area contributed by atoms with Crippen molar-refractivity contribution in [2.24, 2.45) is 0 Å². The number of alkyl halides is 1. The van der Waals surface area contributed by atoms with Crippen LogP contribution >= 0.6 is 15.9 Å². The summed E-state index contributed by atoms with van der Waals surface area (Å²) in [5.41, 5.74) is 1.59. The van der Waals surface area contributed by atoms with E-state index in [4.69, 9.17) is 4.74 Å². The zero-order valence-electron chi connectivity index (χ0n) is 9.67. The van der Waals surface area contributed by atoms with E-state index in [2.05, 4.69) is 15.9 Å². The van der Waals surface area contributed by atoms with Crippen molar-refractivity contribution >= 4 is 21.6 Å². The number of likely N-dealkylation sites (N-methyl/N-ethyl adjacent to an activating group) is 1. The lowest BCUT2D eigenvalue weighted by atomic mass is 10.2. The highest BCUT2D eigenvalue weighted by Crippen LogP contribution is 2.21. The Bertz CT molecular complexity index is 333. The average molecular weight is 290 g/mol. The van der Waals surface area contributed by atoms with E-state index in [1.807, 2.05) is 24.0 Å². The number of nitrogens with zero attached hydrogens (tertiary/aromatic N) is 1. The standard InChI is InChI=1S/C12H17BrFNO/c1-3-15(6-7-16-2)12-5-4-10(9-13)8-11(12)14/h4-5,8H,3,6-7,9H2,1-2H3. The SMILES string of the molecule is CCN(CCOC)c1ccc(CBr)cc1F. The molecule has 0 aliphatic heterocycles. The zero-order valence-corrected chi connectivity index (χ0v) is 11.3. The number of rotatable bonds is 6. The number of benzene rings is 1. The van der Waals surface area contributed by atoms with Crippen LogP contribution in [0.4, 0.5) is 10.1 Å². The van der Waals surface area contributed by atoms with Gasteiger partial charge in [0.15, 0.2) is 0 Å². The van der Waals surface area contributed by atoms with E-state index in [9.17, 15) is 4.39 Å². The molecule has 90 valence electrons. The van der Waals surface area contributed by atoms with Gasteiger partial charge in [0.1, 0.15) is 5.82 Å². The van der Waals surface area contributed by atoms with Crippen LogP contribution in [0.15, 0.2) is 18.2 Å². The highest BCUT2D eigenvalue weighted by atomic mass is 79.9. The maximum Gasteiger partial charge on any atom is 0.146 e. The van der Waals surface area contributed by atoms with Gasteiger partial charge in [0.25, 0.3) is 0 Å². The summed E-state index contributed by atoms with van der Waals surface area (Å²) < 4.78 is 18.8. The van der Waals surface area contributed by atoms with Crippen molar-refractivity contribution in [2.75, 3.05) is 31.7 Å². The van der Waals surface area contributed by atoms with E-state index in [1.54, 1.807) is 13.2 Å². The molecule has 0 aromatic heterocycles. The Kier molecular flexibility index (Phi) is 5.77. The molecule has 0 saturated heterocycles. The van der Waals surface area contributed by atoms with Gasteiger partial charge in [-0.25, -0.2) is 4.39 Å². The first-order valence-electron chi connectivity index (χ1n) is 5.31. The van der Waals surface area contributed by atoms with Gasteiger partial charge < -0.3 is 9.64 Å². The molecule has 1 aromatic rings. The summed E-state index contributed by atoms with van der Waals surface area (Å²) in [6, 6.07) is 5.33. The molecule has 0 fully saturated rings. The molecule has 0 radical (unpaired) electrons. The van der Waals surface area contributed by atoms with Crippen molar-refractivity contribution in [1.82, 2.24) is 0 Å². The highest BCUT2D eigenvalue weighted by Gasteiger charge is 2.09. The van der Waals surface area contributed by atoms with Gasteiger partial charge in [0, 0.05) is 25.5 Å².